The molecule has 1 N–H and O–H groups in total. The van der Waals surface area contributed by atoms with Crippen LogP contribution in [0.5, 0.6) is 0 Å². The van der Waals surface area contributed by atoms with E-state index < -0.39 is 5.82 Å². The van der Waals surface area contributed by atoms with Gasteiger partial charge in [0.1, 0.15) is 5.82 Å². The van der Waals surface area contributed by atoms with Crippen molar-refractivity contribution < 1.29 is 9.18 Å². The van der Waals surface area contributed by atoms with E-state index in [4.69, 9.17) is 11.6 Å². The number of nitrogens with zero attached hydrogens (tertiary/aromatic N) is 1. The number of nitrogens with one attached hydrogen (secondary N) is 1. The van der Waals surface area contributed by atoms with Gasteiger partial charge in [-0.2, -0.15) is 0 Å². The van der Waals surface area contributed by atoms with Crippen molar-refractivity contribution >= 4 is 23.2 Å². The van der Waals surface area contributed by atoms with Crippen molar-refractivity contribution in [3.05, 3.63) is 64.9 Å². The molecule has 0 saturated heterocycles. The molecule has 0 bridgehead atoms. The number of carbonyl (C=O) groups is 1. The summed E-state index contributed by atoms with van der Waals surface area (Å²) in [6.07, 6.45) is 0. The molecular formula is C17H18ClFN2O. The largest absolute Gasteiger partial charge is 0.325 e. The van der Waals surface area contributed by atoms with E-state index in [1.165, 1.54) is 18.2 Å². The Kier molecular flexibility index (Phi) is 5.52. The number of hydrogen-bond donors (Lipinski definition) is 1. The Hall–Kier alpha value is -1.91. The Morgan fingerprint density at radius 1 is 1.27 bits per heavy atom. The fourth-order valence-electron chi connectivity index (χ4n) is 2.03. The summed E-state index contributed by atoms with van der Waals surface area (Å²) in [5.41, 5.74) is 1.62. The molecule has 5 heteroatoms. The molecule has 1 atom stereocenters. The van der Waals surface area contributed by atoms with Crippen molar-refractivity contribution in [2.45, 2.75) is 19.5 Å². The third-order valence-corrected chi connectivity index (χ3v) is 3.79. The lowest BCUT2D eigenvalue weighted by atomic mass is 10.2. The molecule has 0 aliphatic rings. The number of likely N-dealkylation sites (N-methyl/N-ethyl adjacent to an activating group) is 1. The number of rotatable bonds is 5. The maximum atomic E-state index is 13.1. The molecule has 0 radical (unpaired) electrons. The van der Waals surface area contributed by atoms with Crippen LogP contribution >= 0.6 is 11.6 Å². The number of amides is 1. The van der Waals surface area contributed by atoms with Gasteiger partial charge in [-0.05, 0) is 37.7 Å². The molecule has 3 nitrogen and oxygen atoms in total. The van der Waals surface area contributed by atoms with Crippen LogP contribution in [-0.4, -0.2) is 23.9 Å². The Bertz CT molecular complexity index is 648. The average Bonchev–Trinajstić information content (AvgIpc) is 2.51. The fourth-order valence-corrected chi connectivity index (χ4v) is 2.21. The second-order valence-corrected chi connectivity index (χ2v) is 5.60. The molecule has 116 valence electrons. The molecule has 2 aromatic rings. The first-order valence-corrected chi connectivity index (χ1v) is 7.35. The van der Waals surface area contributed by atoms with Crippen LogP contribution < -0.4 is 5.32 Å². The van der Waals surface area contributed by atoms with E-state index in [0.29, 0.717) is 12.2 Å². The summed E-state index contributed by atoms with van der Waals surface area (Å²) < 4.78 is 13.1. The van der Waals surface area contributed by atoms with E-state index in [1.54, 1.807) is 0 Å². The second kappa shape index (κ2) is 7.38. The Morgan fingerprint density at radius 3 is 2.59 bits per heavy atom. The smallest absolute Gasteiger partial charge is 0.241 e. The third kappa shape index (κ3) is 4.29. The van der Waals surface area contributed by atoms with Crippen molar-refractivity contribution in [2.24, 2.45) is 0 Å². The van der Waals surface area contributed by atoms with Crippen LogP contribution in [0.1, 0.15) is 12.5 Å². The molecule has 2 aromatic carbocycles. The van der Waals surface area contributed by atoms with Gasteiger partial charge in [0, 0.05) is 12.2 Å². The van der Waals surface area contributed by atoms with Crippen LogP contribution in [0.2, 0.25) is 5.02 Å². The molecule has 0 saturated carbocycles. The zero-order valence-corrected chi connectivity index (χ0v) is 13.3. The van der Waals surface area contributed by atoms with Crippen molar-refractivity contribution in [3.63, 3.8) is 0 Å². The van der Waals surface area contributed by atoms with Crippen molar-refractivity contribution in [1.29, 1.82) is 0 Å². The van der Waals surface area contributed by atoms with Gasteiger partial charge in [0.05, 0.1) is 11.1 Å². The number of anilines is 1. The standard InChI is InChI=1S/C17H18ClFN2O/c1-12(21(2)11-13-6-4-3-5-7-13)17(22)20-14-8-9-16(19)15(18)10-14/h3-10,12H,11H2,1-2H3,(H,20,22)/t12-/m1/s1. The Morgan fingerprint density at radius 2 is 1.95 bits per heavy atom. The quantitative estimate of drug-likeness (QED) is 0.905. The van der Waals surface area contributed by atoms with Gasteiger partial charge in [-0.15, -0.1) is 0 Å². The van der Waals surface area contributed by atoms with Crippen LogP contribution in [0.4, 0.5) is 10.1 Å². The minimum atomic E-state index is -0.506. The van der Waals surface area contributed by atoms with Gasteiger partial charge in [-0.3, -0.25) is 9.69 Å². The maximum absolute atomic E-state index is 13.1. The predicted molar refractivity (Wildman–Crippen MR) is 87.4 cm³/mol. The van der Waals surface area contributed by atoms with Gasteiger partial charge in [0.2, 0.25) is 5.91 Å². The summed E-state index contributed by atoms with van der Waals surface area (Å²) in [4.78, 5) is 14.2. The summed E-state index contributed by atoms with van der Waals surface area (Å²) in [5, 5.41) is 2.73. The van der Waals surface area contributed by atoms with Crippen LogP contribution in [0.25, 0.3) is 0 Å². The summed E-state index contributed by atoms with van der Waals surface area (Å²) in [7, 11) is 1.88. The van der Waals surface area contributed by atoms with E-state index in [9.17, 15) is 9.18 Å². The van der Waals surface area contributed by atoms with Gasteiger partial charge in [-0.25, -0.2) is 4.39 Å². The van der Waals surface area contributed by atoms with Crippen LogP contribution in [0.15, 0.2) is 48.5 Å². The summed E-state index contributed by atoms with van der Waals surface area (Å²) in [6.45, 7) is 2.49. The molecular weight excluding hydrogens is 303 g/mol. The zero-order valence-electron chi connectivity index (χ0n) is 12.5. The van der Waals surface area contributed by atoms with Gasteiger partial charge >= 0.3 is 0 Å². The predicted octanol–water partition coefficient (Wildman–Crippen LogP) is 3.94. The first kappa shape index (κ1) is 16.5. The number of halogens is 2. The highest BCUT2D eigenvalue weighted by atomic mass is 35.5. The van der Waals surface area contributed by atoms with Crippen molar-refractivity contribution in [2.75, 3.05) is 12.4 Å². The monoisotopic (exact) mass is 320 g/mol. The van der Waals surface area contributed by atoms with Crippen LogP contribution in [-0.2, 0) is 11.3 Å². The first-order valence-electron chi connectivity index (χ1n) is 6.97. The lowest BCUT2D eigenvalue weighted by molar-refractivity contribution is -0.120. The van der Waals surface area contributed by atoms with Gasteiger partial charge in [0.25, 0.3) is 0 Å². The molecule has 0 aliphatic carbocycles. The minimum Gasteiger partial charge on any atom is -0.325 e. The molecule has 0 aromatic heterocycles. The van der Waals surface area contributed by atoms with E-state index in [1.807, 2.05) is 49.2 Å². The maximum Gasteiger partial charge on any atom is 0.241 e. The molecule has 0 aliphatic heterocycles. The van der Waals surface area contributed by atoms with E-state index in [0.717, 1.165) is 5.56 Å². The number of benzene rings is 2. The fraction of sp³-hybridized carbons (Fsp3) is 0.235. The number of hydrogen-bond acceptors (Lipinski definition) is 2. The topological polar surface area (TPSA) is 32.3 Å². The molecule has 2 rings (SSSR count). The highest BCUT2D eigenvalue weighted by molar-refractivity contribution is 6.31. The normalized spacial score (nSPS) is 12.2. The molecule has 1 amide bonds. The number of carbonyl (C=O) groups excluding carboxylic acids is 1. The minimum absolute atomic E-state index is 0.0110. The molecule has 22 heavy (non-hydrogen) atoms. The zero-order chi connectivity index (χ0) is 16.1. The molecule has 0 heterocycles. The van der Waals surface area contributed by atoms with Crippen LogP contribution in [0.3, 0.4) is 0 Å². The van der Waals surface area contributed by atoms with E-state index in [2.05, 4.69) is 5.32 Å². The second-order valence-electron chi connectivity index (χ2n) is 5.19. The van der Waals surface area contributed by atoms with Crippen molar-refractivity contribution in [1.82, 2.24) is 4.90 Å². The summed E-state index contributed by atoms with van der Waals surface area (Å²) in [5.74, 6) is -0.671. The summed E-state index contributed by atoms with van der Waals surface area (Å²) >= 11 is 5.71. The van der Waals surface area contributed by atoms with E-state index >= 15 is 0 Å². The lowest BCUT2D eigenvalue weighted by Crippen LogP contribution is -2.39. The molecule has 0 spiro atoms. The highest BCUT2D eigenvalue weighted by Gasteiger charge is 2.18. The van der Waals surface area contributed by atoms with Gasteiger partial charge in [-0.1, -0.05) is 41.9 Å². The van der Waals surface area contributed by atoms with Gasteiger partial charge in [0.15, 0.2) is 0 Å². The highest BCUT2D eigenvalue weighted by Crippen LogP contribution is 2.19. The summed E-state index contributed by atoms with van der Waals surface area (Å²) in [6, 6.07) is 13.7. The van der Waals surface area contributed by atoms with Crippen molar-refractivity contribution in [3.8, 4) is 0 Å². The molecule has 0 unspecified atom stereocenters. The molecule has 0 fully saturated rings. The lowest BCUT2D eigenvalue weighted by Gasteiger charge is -2.24. The third-order valence-electron chi connectivity index (χ3n) is 3.50. The average molecular weight is 321 g/mol. The Balaban J connectivity index is 1.97. The SMILES string of the molecule is C[C@H](C(=O)Nc1ccc(F)c(Cl)c1)N(C)Cc1ccccc1. The first-order chi connectivity index (χ1) is 10.5. The van der Waals surface area contributed by atoms with Gasteiger partial charge < -0.3 is 5.32 Å². The van der Waals surface area contributed by atoms with E-state index in [-0.39, 0.29) is 17.0 Å². The van der Waals surface area contributed by atoms with Crippen LogP contribution in [0, 0.1) is 5.82 Å². The Labute approximate surface area is 134 Å².